The molecule has 0 saturated carbocycles. The molecule has 0 atom stereocenters. The third kappa shape index (κ3) is 2.75. The number of carbonyl (C=O) groups excluding carboxylic acids is 1. The number of primary amides is 1. The first-order chi connectivity index (χ1) is 10.6. The van der Waals surface area contributed by atoms with Crippen molar-refractivity contribution in [1.82, 2.24) is 0 Å². The highest BCUT2D eigenvalue weighted by Crippen LogP contribution is 2.32. The van der Waals surface area contributed by atoms with Crippen LogP contribution in [0.2, 0.25) is 5.02 Å². The van der Waals surface area contributed by atoms with Crippen LogP contribution in [0.3, 0.4) is 0 Å². The van der Waals surface area contributed by atoms with Gasteiger partial charge in [-0.3, -0.25) is 4.79 Å². The average Bonchev–Trinajstić information content (AvgIpc) is 2.97. The van der Waals surface area contributed by atoms with Crippen LogP contribution >= 0.6 is 22.9 Å². The zero-order valence-corrected chi connectivity index (χ0v) is 12.9. The number of benzene rings is 2. The number of thiophene rings is 1. The van der Waals surface area contributed by atoms with Crippen molar-refractivity contribution in [2.45, 2.75) is 0 Å². The minimum atomic E-state index is -0.455. The van der Waals surface area contributed by atoms with Crippen LogP contribution in [0.25, 0.3) is 21.6 Å². The maximum Gasteiger partial charge on any atom is 0.250 e. The van der Waals surface area contributed by atoms with E-state index in [-0.39, 0.29) is 5.82 Å². The fourth-order valence-corrected chi connectivity index (χ4v) is 3.32. The van der Waals surface area contributed by atoms with Gasteiger partial charge < -0.3 is 5.73 Å². The summed E-state index contributed by atoms with van der Waals surface area (Å²) in [6.07, 6.45) is 0. The Morgan fingerprint density at radius 2 is 1.73 bits per heavy atom. The Labute approximate surface area is 136 Å². The number of carbonyl (C=O) groups is 1. The molecule has 0 aliphatic rings. The smallest absolute Gasteiger partial charge is 0.250 e. The van der Waals surface area contributed by atoms with Gasteiger partial charge in [0.15, 0.2) is 0 Å². The zero-order chi connectivity index (χ0) is 15.7. The third-order valence-corrected chi connectivity index (χ3v) is 4.52. The lowest BCUT2D eigenvalue weighted by Gasteiger charge is -2.06. The molecule has 0 radical (unpaired) electrons. The molecule has 2 aromatic carbocycles. The second-order valence-corrected chi connectivity index (χ2v) is 6.08. The Bertz CT molecular complexity index is 842. The number of hydrogen-bond donors (Lipinski definition) is 1. The van der Waals surface area contributed by atoms with Gasteiger partial charge in [0.05, 0.1) is 5.56 Å². The molecule has 3 rings (SSSR count). The summed E-state index contributed by atoms with van der Waals surface area (Å²) in [6, 6.07) is 13.6. The normalized spacial score (nSPS) is 10.6. The molecule has 1 aromatic heterocycles. The maximum atomic E-state index is 13.9. The van der Waals surface area contributed by atoms with Crippen molar-refractivity contribution < 1.29 is 9.18 Å². The molecule has 0 unspecified atom stereocenters. The third-order valence-electron chi connectivity index (χ3n) is 3.32. The Hall–Kier alpha value is -2.17. The summed E-state index contributed by atoms with van der Waals surface area (Å²) in [6.45, 7) is 0. The van der Waals surface area contributed by atoms with Crippen molar-refractivity contribution in [2.75, 3.05) is 0 Å². The van der Waals surface area contributed by atoms with Gasteiger partial charge in [-0.2, -0.15) is 0 Å². The van der Waals surface area contributed by atoms with Crippen molar-refractivity contribution in [3.05, 3.63) is 70.3 Å². The van der Waals surface area contributed by atoms with Crippen LogP contribution in [0.4, 0.5) is 4.39 Å². The molecule has 0 saturated heterocycles. The Kier molecular flexibility index (Phi) is 3.96. The molecule has 5 heteroatoms. The summed E-state index contributed by atoms with van der Waals surface area (Å²) >= 11 is 7.21. The summed E-state index contributed by atoms with van der Waals surface area (Å²) in [5.41, 5.74) is 7.96. The highest BCUT2D eigenvalue weighted by molar-refractivity contribution is 7.14. The average molecular weight is 332 g/mol. The summed E-state index contributed by atoms with van der Waals surface area (Å²) < 4.78 is 13.9. The number of hydrogen-bond acceptors (Lipinski definition) is 2. The van der Waals surface area contributed by atoms with Crippen LogP contribution in [-0.4, -0.2) is 5.91 Å². The van der Waals surface area contributed by atoms with E-state index in [1.807, 2.05) is 29.6 Å². The summed E-state index contributed by atoms with van der Waals surface area (Å²) in [5, 5.41) is 2.19. The number of amides is 1. The van der Waals surface area contributed by atoms with Crippen LogP contribution in [0, 0.1) is 5.82 Å². The van der Waals surface area contributed by atoms with Crippen LogP contribution in [-0.2, 0) is 0 Å². The Morgan fingerprint density at radius 1 is 1.05 bits per heavy atom. The quantitative estimate of drug-likeness (QED) is 0.723. The van der Waals surface area contributed by atoms with E-state index in [0.29, 0.717) is 16.1 Å². The van der Waals surface area contributed by atoms with Crippen molar-refractivity contribution in [1.29, 1.82) is 0 Å². The molecule has 110 valence electrons. The highest BCUT2D eigenvalue weighted by Gasteiger charge is 2.12. The number of rotatable bonds is 3. The number of nitrogens with two attached hydrogens (primary N) is 1. The molecule has 1 amide bonds. The van der Waals surface area contributed by atoms with Gasteiger partial charge in [-0.15, -0.1) is 11.3 Å². The summed E-state index contributed by atoms with van der Waals surface area (Å²) in [7, 11) is 0. The fourth-order valence-electron chi connectivity index (χ4n) is 2.25. The van der Waals surface area contributed by atoms with E-state index < -0.39 is 5.91 Å². The van der Waals surface area contributed by atoms with E-state index in [2.05, 4.69) is 0 Å². The highest BCUT2D eigenvalue weighted by atomic mass is 35.5. The molecular weight excluding hydrogens is 321 g/mol. The van der Waals surface area contributed by atoms with Gasteiger partial charge in [-0.25, -0.2) is 4.39 Å². The largest absolute Gasteiger partial charge is 0.366 e. The van der Waals surface area contributed by atoms with Gasteiger partial charge in [-0.1, -0.05) is 35.9 Å². The van der Waals surface area contributed by atoms with E-state index in [9.17, 15) is 9.18 Å². The topological polar surface area (TPSA) is 43.1 Å². The predicted octanol–water partition coefficient (Wildman–Crippen LogP) is 4.97. The minimum Gasteiger partial charge on any atom is -0.366 e. The van der Waals surface area contributed by atoms with Crippen molar-refractivity contribution in [3.8, 4) is 21.6 Å². The Morgan fingerprint density at radius 3 is 2.36 bits per heavy atom. The first-order valence-electron chi connectivity index (χ1n) is 6.49. The SMILES string of the molecule is NC(=O)c1ccsc1-c1ccc(-c2ccc(Cl)cc2F)cc1. The van der Waals surface area contributed by atoms with E-state index in [4.69, 9.17) is 17.3 Å². The summed E-state index contributed by atoms with van der Waals surface area (Å²) in [5.74, 6) is -0.821. The molecule has 0 aliphatic heterocycles. The van der Waals surface area contributed by atoms with Gasteiger partial charge in [-0.05, 0) is 40.8 Å². The second-order valence-electron chi connectivity index (χ2n) is 4.73. The minimum absolute atomic E-state index is 0.363. The molecule has 3 aromatic rings. The van der Waals surface area contributed by atoms with Crippen LogP contribution in [0.1, 0.15) is 10.4 Å². The predicted molar refractivity (Wildman–Crippen MR) is 88.7 cm³/mol. The van der Waals surface area contributed by atoms with Gasteiger partial charge >= 0.3 is 0 Å². The van der Waals surface area contributed by atoms with Crippen LogP contribution < -0.4 is 5.73 Å². The van der Waals surface area contributed by atoms with Crippen molar-refractivity contribution >= 4 is 28.8 Å². The lowest BCUT2D eigenvalue weighted by molar-refractivity contribution is 0.100. The lowest BCUT2D eigenvalue weighted by atomic mass is 10.0. The maximum absolute atomic E-state index is 13.9. The molecule has 0 aliphatic carbocycles. The van der Waals surface area contributed by atoms with E-state index in [0.717, 1.165) is 16.0 Å². The van der Waals surface area contributed by atoms with E-state index in [1.165, 1.54) is 17.4 Å². The molecule has 2 nitrogen and oxygen atoms in total. The first-order valence-corrected chi connectivity index (χ1v) is 7.75. The second kappa shape index (κ2) is 5.91. The van der Waals surface area contributed by atoms with Crippen LogP contribution in [0.5, 0.6) is 0 Å². The standard InChI is InChI=1S/C17H11ClFNOS/c18-12-5-6-13(15(19)9-12)10-1-3-11(4-2-10)16-14(17(20)21)7-8-22-16/h1-9H,(H2,20,21). The van der Waals surface area contributed by atoms with Gasteiger partial charge in [0.25, 0.3) is 0 Å². The van der Waals surface area contributed by atoms with E-state index in [1.54, 1.807) is 18.2 Å². The van der Waals surface area contributed by atoms with E-state index >= 15 is 0 Å². The first kappa shape index (κ1) is 14.8. The molecular formula is C17H11ClFNOS. The molecule has 22 heavy (non-hydrogen) atoms. The Balaban J connectivity index is 1.99. The molecule has 0 fully saturated rings. The van der Waals surface area contributed by atoms with Gasteiger partial charge in [0.1, 0.15) is 5.82 Å². The molecule has 2 N–H and O–H groups in total. The van der Waals surface area contributed by atoms with Gasteiger partial charge in [0, 0.05) is 15.5 Å². The molecule has 1 heterocycles. The van der Waals surface area contributed by atoms with Crippen molar-refractivity contribution in [3.63, 3.8) is 0 Å². The molecule has 0 spiro atoms. The van der Waals surface area contributed by atoms with Crippen molar-refractivity contribution in [2.24, 2.45) is 5.73 Å². The fraction of sp³-hybridized carbons (Fsp3) is 0. The van der Waals surface area contributed by atoms with Gasteiger partial charge in [0.2, 0.25) is 5.91 Å². The van der Waals surface area contributed by atoms with Crippen LogP contribution in [0.15, 0.2) is 53.9 Å². The monoisotopic (exact) mass is 331 g/mol. The molecule has 0 bridgehead atoms. The summed E-state index contributed by atoms with van der Waals surface area (Å²) in [4.78, 5) is 12.2. The zero-order valence-electron chi connectivity index (χ0n) is 11.3. The lowest BCUT2D eigenvalue weighted by Crippen LogP contribution is -2.10. The number of halogens is 2.